The second-order valence-electron chi connectivity index (χ2n) is 3.94. The van der Waals surface area contributed by atoms with Gasteiger partial charge in [-0.25, -0.2) is 4.79 Å². The first-order valence-corrected chi connectivity index (χ1v) is 5.81. The fourth-order valence-corrected chi connectivity index (χ4v) is 1.54. The van der Waals surface area contributed by atoms with Gasteiger partial charge in [-0.15, -0.1) is 0 Å². The number of rotatable bonds is 6. The van der Waals surface area contributed by atoms with E-state index in [1.165, 1.54) is 0 Å². The van der Waals surface area contributed by atoms with E-state index in [0.29, 0.717) is 19.0 Å². The lowest BCUT2D eigenvalue weighted by atomic mass is 9.95. The molecule has 0 aromatic carbocycles. The summed E-state index contributed by atoms with van der Waals surface area (Å²) in [6.07, 6.45) is 2.13. The summed E-state index contributed by atoms with van der Waals surface area (Å²) in [6.45, 7) is 7.49. The molecule has 0 fully saturated rings. The van der Waals surface area contributed by atoms with E-state index in [1.54, 1.807) is 11.9 Å². The summed E-state index contributed by atoms with van der Waals surface area (Å²) in [5, 5.41) is 2.84. The third-order valence-corrected chi connectivity index (χ3v) is 2.96. The predicted molar refractivity (Wildman–Crippen MR) is 63.8 cm³/mol. The van der Waals surface area contributed by atoms with E-state index in [-0.39, 0.29) is 12.1 Å². The monoisotopic (exact) mass is 215 g/mol. The lowest BCUT2D eigenvalue weighted by molar-refractivity contribution is 0.208. The van der Waals surface area contributed by atoms with Crippen LogP contribution in [0.1, 0.15) is 33.6 Å². The molecule has 0 aliphatic heterocycles. The van der Waals surface area contributed by atoms with Crippen molar-refractivity contribution in [1.82, 2.24) is 10.2 Å². The third kappa shape index (κ3) is 5.02. The Morgan fingerprint density at radius 2 is 1.87 bits per heavy atom. The van der Waals surface area contributed by atoms with Crippen LogP contribution in [-0.4, -0.2) is 37.1 Å². The Hall–Kier alpha value is -0.770. The fraction of sp³-hybridized carbons (Fsp3) is 0.909. The Bertz CT molecular complexity index is 181. The Morgan fingerprint density at radius 1 is 1.33 bits per heavy atom. The van der Waals surface area contributed by atoms with Crippen molar-refractivity contribution in [1.29, 1.82) is 0 Å². The van der Waals surface area contributed by atoms with Gasteiger partial charge in [0.1, 0.15) is 0 Å². The molecule has 2 amide bonds. The van der Waals surface area contributed by atoms with E-state index in [9.17, 15) is 4.79 Å². The molecule has 0 spiro atoms. The predicted octanol–water partition coefficient (Wildman–Crippen LogP) is 1.41. The highest BCUT2D eigenvalue weighted by Gasteiger charge is 2.15. The van der Waals surface area contributed by atoms with Crippen LogP contribution >= 0.6 is 0 Å². The van der Waals surface area contributed by atoms with Crippen molar-refractivity contribution in [2.45, 2.75) is 39.7 Å². The first kappa shape index (κ1) is 14.2. The number of nitrogens with two attached hydrogens (primary N) is 1. The van der Waals surface area contributed by atoms with Gasteiger partial charge in [0.05, 0.1) is 0 Å². The Kier molecular flexibility index (Phi) is 7.13. The molecule has 0 heterocycles. The summed E-state index contributed by atoms with van der Waals surface area (Å²) in [7, 11) is 1.78. The number of nitrogens with one attached hydrogen (secondary N) is 1. The summed E-state index contributed by atoms with van der Waals surface area (Å²) >= 11 is 0. The van der Waals surface area contributed by atoms with Crippen LogP contribution in [0.4, 0.5) is 4.79 Å². The maximum atomic E-state index is 11.4. The van der Waals surface area contributed by atoms with Gasteiger partial charge >= 0.3 is 6.03 Å². The van der Waals surface area contributed by atoms with Gasteiger partial charge in [0.25, 0.3) is 0 Å². The number of carbonyl (C=O) groups is 1. The Labute approximate surface area is 93.2 Å². The van der Waals surface area contributed by atoms with Crippen LogP contribution in [0, 0.1) is 5.92 Å². The summed E-state index contributed by atoms with van der Waals surface area (Å²) in [5.74, 6) is 0.497. The van der Waals surface area contributed by atoms with Gasteiger partial charge in [-0.05, 0) is 12.8 Å². The van der Waals surface area contributed by atoms with Crippen molar-refractivity contribution in [2.24, 2.45) is 11.7 Å². The Balaban J connectivity index is 3.88. The molecule has 0 aromatic rings. The summed E-state index contributed by atoms with van der Waals surface area (Å²) in [5.41, 5.74) is 6.00. The van der Waals surface area contributed by atoms with Gasteiger partial charge in [0.2, 0.25) is 0 Å². The maximum absolute atomic E-state index is 11.4. The smallest absolute Gasteiger partial charge is 0.317 e. The molecule has 0 rings (SSSR count). The van der Waals surface area contributed by atoms with E-state index in [4.69, 9.17) is 5.73 Å². The second kappa shape index (κ2) is 7.51. The van der Waals surface area contributed by atoms with Gasteiger partial charge in [-0.1, -0.05) is 26.7 Å². The van der Waals surface area contributed by atoms with Gasteiger partial charge in [-0.2, -0.15) is 0 Å². The summed E-state index contributed by atoms with van der Waals surface area (Å²) in [6, 6.07) is 0.0214. The Morgan fingerprint density at radius 3 is 2.27 bits per heavy atom. The molecule has 3 N–H and O–H groups in total. The number of nitrogens with zero attached hydrogens (tertiary/aromatic N) is 1. The molecule has 15 heavy (non-hydrogen) atoms. The topological polar surface area (TPSA) is 58.4 Å². The summed E-state index contributed by atoms with van der Waals surface area (Å²) < 4.78 is 0. The van der Waals surface area contributed by atoms with Crippen LogP contribution in [0.3, 0.4) is 0 Å². The number of amides is 2. The van der Waals surface area contributed by atoms with Gasteiger partial charge < -0.3 is 16.0 Å². The molecule has 0 saturated carbocycles. The summed E-state index contributed by atoms with van der Waals surface area (Å²) in [4.78, 5) is 13.1. The lowest BCUT2D eigenvalue weighted by Crippen LogP contribution is -2.45. The third-order valence-electron chi connectivity index (χ3n) is 2.96. The average molecular weight is 215 g/mol. The number of carbonyl (C=O) groups excluding carboxylic acids is 1. The van der Waals surface area contributed by atoms with Crippen molar-refractivity contribution in [3.63, 3.8) is 0 Å². The second-order valence-corrected chi connectivity index (χ2v) is 3.94. The van der Waals surface area contributed by atoms with E-state index in [1.807, 2.05) is 6.92 Å². The van der Waals surface area contributed by atoms with Gasteiger partial charge in [-0.3, -0.25) is 0 Å². The van der Waals surface area contributed by atoms with Crippen molar-refractivity contribution in [3.05, 3.63) is 0 Å². The lowest BCUT2D eigenvalue weighted by Gasteiger charge is -2.23. The van der Waals surface area contributed by atoms with Crippen molar-refractivity contribution in [3.8, 4) is 0 Å². The molecule has 0 aliphatic rings. The zero-order chi connectivity index (χ0) is 11.8. The molecular formula is C11H25N3O. The molecule has 0 aliphatic carbocycles. The van der Waals surface area contributed by atoms with Crippen LogP contribution in [0.2, 0.25) is 0 Å². The zero-order valence-electron chi connectivity index (χ0n) is 10.4. The van der Waals surface area contributed by atoms with Crippen LogP contribution in [0.5, 0.6) is 0 Å². The van der Waals surface area contributed by atoms with Crippen LogP contribution in [0.25, 0.3) is 0 Å². The van der Waals surface area contributed by atoms with E-state index < -0.39 is 0 Å². The fourth-order valence-electron chi connectivity index (χ4n) is 1.54. The largest absolute Gasteiger partial charge is 0.336 e. The molecular weight excluding hydrogens is 190 g/mol. The van der Waals surface area contributed by atoms with Crippen LogP contribution in [0.15, 0.2) is 0 Å². The van der Waals surface area contributed by atoms with E-state index in [0.717, 1.165) is 12.8 Å². The molecule has 1 atom stereocenters. The van der Waals surface area contributed by atoms with Crippen molar-refractivity contribution in [2.75, 3.05) is 20.1 Å². The van der Waals surface area contributed by atoms with E-state index >= 15 is 0 Å². The van der Waals surface area contributed by atoms with Gasteiger partial charge in [0, 0.05) is 26.2 Å². The molecule has 0 aromatic heterocycles. The quantitative estimate of drug-likeness (QED) is 0.704. The molecule has 1 unspecified atom stereocenters. The van der Waals surface area contributed by atoms with Crippen LogP contribution < -0.4 is 11.1 Å². The standard InChI is InChI=1S/C11H25N3O/c1-5-9(6-2)10(12)8-13-11(15)14(4)7-3/h9-10H,5-8,12H2,1-4H3,(H,13,15). The minimum atomic E-state index is -0.0427. The van der Waals surface area contributed by atoms with Gasteiger partial charge in [0.15, 0.2) is 0 Å². The van der Waals surface area contributed by atoms with Crippen molar-refractivity contribution < 1.29 is 4.79 Å². The van der Waals surface area contributed by atoms with Crippen LogP contribution in [-0.2, 0) is 0 Å². The number of hydrogen-bond acceptors (Lipinski definition) is 2. The first-order valence-electron chi connectivity index (χ1n) is 5.81. The molecule has 90 valence electrons. The molecule has 4 heteroatoms. The normalized spacial score (nSPS) is 12.7. The number of urea groups is 1. The highest BCUT2D eigenvalue weighted by atomic mass is 16.2. The highest BCUT2D eigenvalue weighted by Crippen LogP contribution is 2.10. The van der Waals surface area contributed by atoms with E-state index in [2.05, 4.69) is 19.2 Å². The maximum Gasteiger partial charge on any atom is 0.317 e. The number of hydrogen-bond donors (Lipinski definition) is 2. The molecule has 0 bridgehead atoms. The van der Waals surface area contributed by atoms with Crippen molar-refractivity contribution >= 4 is 6.03 Å². The average Bonchev–Trinajstić information content (AvgIpc) is 2.26. The highest BCUT2D eigenvalue weighted by molar-refractivity contribution is 5.73. The first-order chi connectivity index (χ1) is 7.06. The minimum absolute atomic E-state index is 0.0427. The molecule has 0 radical (unpaired) electrons. The molecule has 4 nitrogen and oxygen atoms in total. The molecule has 0 saturated heterocycles. The minimum Gasteiger partial charge on any atom is -0.336 e. The zero-order valence-corrected chi connectivity index (χ0v) is 10.4. The SMILES string of the molecule is CCC(CC)C(N)CNC(=O)N(C)CC.